The number of hydrogen-bond acceptors (Lipinski definition) is 4. The van der Waals surface area contributed by atoms with Crippen molar-refractivity contribution in [3.63, 3.8) is 0 Å². The number of nitrogens with zero attached hydrogens (tertiary/aromatic N) is 1. The number of thiophene rings is 1. The molecule has 1 saturated heterocycles. The molecule has 1 fully saturated rings. The predicted molar refractivity (Wildman–Crippen MR) is 79.3 cm³/mol. The van der Waals surface area contributed by atoms with Crippen molar-refractivity contribution in [3.05, 3.63) is 21.9 Å². The average molecular weight is 281 g/mol. The molecule has 0 saturated carbocycles. The highest BCUT2D eigenvalue weighted by Crippen LogP contribution is 2.24. The lowest BCUT2D eigenvalue weighted by Crippen LogP contribution is -2.45. The molecular formula is C14H23N3OS. The highest BCUT2D eigenvalue weighted by atomic mass is 32.1. The third-order valence-electron chi connectivity index (χ3n) is 3.64. The predicted octanol–water partition coefficient (Wildman–Crippen LogP) is 1.66. The quantitative estimate of drug-likeness (QED) is 0.863. The Morgan fingerprint density at radius 3 is 2.74 bits per heavy atom. The number of carbonyl (C=O) groups is 1. The van der Waals surface area contributed by atoms with Gasteiger partial charge in [-0.1, -0.05) is 0 Å². The molecule has 106 valence electrons. The maximum Gasteiger partial charge on any atom is 0.231 e. The monoisotopic (exact) mass is 281 g/mol. The minimum absolute atomic E-state index is 0.228. The molecule has 1 aliphatic heterocycles. The Morgan fingerprint density at radius 2 is 2.21 bits per heavy atom. The first-order valence-electron chi connectivity index (χ1n) is 6.87. The first kappa shape index (κ1) is 14.5. The fourth-order valence-corrected chi connectivity index (χ4v) is 3.49. The number of carbonyl (C=O) groups excluding carboxylic acids is 1. The molecule has 1 aliphatic rings. The van der Waals surface area contributed by atoms with Gasteiger partial charge in [-0.15, -0.1) is 11.3 Å². The van der Waals surface area contributed by atoms with Gasteiger partial charge < -0.3 is 11.1 Å². The van der Waals surface area contributed by atoms with Gasteiger partial charge in [-0.25, -0.2) is 0 Å². The first-order valence-corrected chi connectivity index (χ1v) is 7.69. The second-order valence-electron chi connectivity index (χ2n) is 5.35. The lowest BCUT2D eigenvalue weighted by atomic mass is 10.0. The van der Waals surface area contributed by atoms with Gasteiger partial charge in [0.25, 0.3) is 0 Å². The van der Waals surface area contributed by atoms with Gasteiger partial charge in [0.05, 0.1) is 6.54 Å². The highest BCUT2D eigenvalue weighted by molar-refractivity contribution is 7.12. The minimum Gasteiger partial charge on any atom is -0.369 e. The zero-order valence-electron chi connectivity index (χ0n) is 11.7. The number of hydrogen-bond donors (Lipinski definition) is 2. The summed E-state index contributed by atoms with van der Waals surface area (Å²) in [4.78, 5) is 15.8. The summed E-state index contributed by atoms with van der Waals surface area (Å²) in [5.41, 5.74) is 5.22. The summed E-state index contributed by atoms with van der Waals surface area (Å²) in [6, 6.07) is 5.33. The van der Waals surface area contributed by atoms with Crippen LogP contribution in [0, 0.1) is 6.92 Å². The van der Waals surface area contributed by atoms with E-state index in [2.05, 4.69) is 36.2 Å². The molecule has 4 nitrogen and oxygen atoms in total. The molecule has 0 spiro atoms. The SMILES string of the molecule is Cc1ccc(C(C)NC2CCN(CC(N)=O)CC2)s1. The van der Waals surface area contributed by atoms with E-state index in [0.29, 0.717) is 18.6 Å². The molecule has 2 rings (SSSR count). The van der Waals surface area contributed by atoms with Gasteiger partial charge in [0.1, 0.15) is 0 Å². The van der Waals surface area contributed by atoms with Crippen LogP contribution in [0.3, 0.4) is 0 Å². The molecule has 19 heavy (non-hydrogen) atoms. The maximum absolute atomic E-state index is 10.9. The van der Waals surface area contributed by atoms with E-state index in [-0.39, 0.29) is 5.91 Å². The first-order chi connectivity index (χ1) is 9.04. The van der Waals surface area contributed by atoms with Gasteiger partial charge >= 0.3 is 0 Å². The van der Waals surface area contributed by atoms with Crippen LogP contribution in [-0.4, -0.2) is 36.5 Å². The zero-order chi connectivity index (χ0) is 13.8. The Bertz CT molecular complexity index is 424. The molecule has 0 radical (unpaired) electrons. The van der Waals surface area contributed by atoms with Crippen LogP contribution in [0.1, 0.15) is 35.6 Å². The number of nitrogens with two attached hydrogens (primary N) is 1. The van der Waals surface area contributed by atoms with Gasteiger partial charge in [0.15, 0.2) is 0 Å². The number of aryl methyl sites for hydroxylation is 1. The molecule has 0 aliphatic carbocycles. The second-order valence-corrected chi connectivity index (χ2v) is 6.67. The Labute approximate surface area is 119 Å². The summed E-state index contributed by atoms with van der Waals surface area (Å²) in [6.07, 6.45) is 2.17. The van der Waals surface area contributed by atoms with Crippen molar-refractivity contribution >= 4 is 17.2 Å². The molecule has 1 atom stereocenters. The Balaban J connectivity index is 1.77. The number of piperidine rings is 1. The van der Waals surface area contributed by atoms with E-state index in [1.807, 2.05) is 11.3 Å². The van der Waals surface area contributed by atoms with Gasteiger partial charge in [0.2, 0.25) is 5.91 Å². The normalized spacial score (nSPS) is 19.5. The van der Waals surface area contributed by atoms with E-state index < -0.39 is 0 Å². The summed E-state index contributed by atoms with van der Waals surface area (Å²) < 4.78 is 0. The van der Waals surface area contributed by atoms with Crippen molar-refractivity contribution in [2.75, 3.05) is 19.6 Å². The van der Waals surface area contributed by atoms with Crippen LogP contribution < -0.4 is 11.1 Å². The summed E-state index contributed by atoms with van der Waals surface area (Å²) in [6.45, 7) is 6.67. The number of primary amides is 1. The van der Waals surface area contributed by atoms with Crippen LogP contribution in [0.5, 0.6) is 0 Å². The maximum atomic E-state index is 10.9. The van der Waals surface area contributed by atoms with Gasteiger partial charge in [0, 0.05) is 34.9 Å². The van der Waals surface area contributed by atoms with Crippen molar-refractivity contribution in [1.82, 2.24) is 10.2 Å². The third kappa shape index (κ3) is 4.30. The fraction of sp³-hybridized carbons (Fsp3) is 0.643. The Morgan fingerprint density at radius 1 is 1.53 bits per heavy atom. The summed E-state index contributed by atoms with van der Waals surface area (Å²) in [7, 11) is 0. The summed E-state index contributed by atoms with van der Waals surface area (Å²) >= 11 is 1.86. The topological polar surface area (TPSA) is 58.4 Å². The Kier molecular flexibility index (Phi) is 4.96. The zero-order valence-corrected chi connectivity index (χ0v) is 12.5. The number of amides is 1. The number of nitrogens with one attached hydrogen (secondary N) is 1. The van der Waals surface area contributed by atoms with Crippen molar-refractivity contribution in [3.8, 4) is 0 Å². The van der Waals surface area contributed by atoms with E-state index in [1.165, 1.54) is 9.75 Å². The Hall–Kier alpha value is -0.910. The molecule has 3 N–H and O–H groups in total. The fourth-order valence-electron chi connectivity index (χ4n) is 2.60. The molecule has 1 amide bonds. The molecular weight excluding hydrogens is 258 g/mol. The van der Waals surface area contributed by atoms with Crippen LogP contribution in [0.2, 0.25) is 0 Å². The summed E-state index contributed by atoms with van der Waals surface area (Å²) in [5, 5.41) is 3.69. The smallest absolute Gasteiger partial charge is 0.231 e. The van der Waals surface area contributed by atoms with E-state index in [0.717, 1.165) is 25.9 Å². The molecule has 2 heterocycles. The second kappa shape index (κ2) is 6.50. The van der Waals surface area contributed by atoms with Crippen LogP contribution >= 0.6 is 11.3 Å². The molecule has 1 aromatic heterocycles. The molecule has 5 heteroatoms. The van der Waals surface area contributed by atoms with Crippen LogP contribution in [0.15, 0.2) is 12.1 Å². The van der Waals surface area contributed by atoms with Gasteiger partial charge in [-0.3, -0.25) is 9.69 Å². The third-order valence-corrected chi connectivity index (χ3v) is 4.82. The lowest BCUT2D eigenvalue weighted by Gasteiger charge is -2.33. The molecule has 0 aromatic carbocycles. The van der Waals surface area contributed by atoms with Crippen molar-refractivity contribution < 1.29 is 4.79 Å². The summed E-state index contributed by atoms with van der Waals surface area (Å²) in [5.74, 6) is -0.228. The van der Waals surface area contributed by atoms with Crippen molar-refractivity contribution in [2.45, 2.75) is 38.8 Å². The van der Waals surface area contributed by atoms with Crippen molar-refractivity contribution in [1.29, 1.82) is 0 Å². The van der Waals surface area contributed by atoms with Crippen molar-refractivity contribution in [2.24, 2.45) is 5.73 Å². The van der Waals surface area contributed by atoms with E-state index in [9.17, 15) is 4.79 Å². The van der Waals surface area contributed by atoms with E-state index >= 15 is 0 Å². The van der Waals surface area contributed by atoms with Crippen LogP contribution in [-0.2, 0) is 4.79 Å². The number of rotatable bonds is 5. The van der Waals surface area contributed by atoms with E-state index in [4.69, 9.17) is 5.73 Å². The standard InChI is InChI=1S/C14H23N3OS/c1-10-3-4-13(19-10)11(2)16-12-5-7-17(8-6-12)9-14(15)18/h3-4,11-12,16H,5-9H2,1-2H3,(H2,15,18). The van der Waals surface area contributed by atoms with E-state index in [1.54, 1.807) is 0 Å². The minimum atomic E-state index is -0.228. The average Bonchev–Trinajstić information content (AvgIpc) is 2.78. The lowest BCUT2D eigenvalue weighted by molar-refractivity contribution is -0.119. The molecule has 1 unspecified atom stereocenters. The van der Waals surface area contributed by atoms with Crippen LogP contribution in [0.4, 0.5) is 0 Å². The van der Waals surface area contributed by atoms with Gasteiger partial charge in [-0.05, 0) is 38.8 Å². The largest absolute Gasteiger partial charge is 0.369 e. The highest BCUT2D eigenvalue weighted by Gasteiger charge is 2.21. The molecule has 1 aromatic rings. The van der Waals surface area contributed by atoms with Crippen LogP contribution in [0.25, 0.3) is 0 Å². The van der Waals surface area contributed by atoms with Gasteiger partial charge in [-0.2, -0.15) is 0 Å². The molecule has 0 bridgehead atoms. The number of likely N-dealkylation sites (tertiary alicyclic amines) is 1.